The zero-order valence-electron chi connectivity index (χ0n) is 23.7. The van der Waals surface area contributed by atoms with Crippen LogP contribution in [-0.4, -0.2) is 35.3 Å². The van der Waals surface area contributed by atoms with Gasteiger partial charge in [0.25, 0.3) is 5.91 Å². The SMILES string of the molecule is O=C(N[C@@]1(C(=O)N[C@@H](Cc2ccccc2)C(=O)NC2CCCCC2)CCCC[C@H]1c1ccccc1)c1ccccc1. The number of rotatable bonds is 9. The van der Waals surface area contributed by atoms with Crippen LogP contribution in [0.3, 0.4) is 0 Å². The minimum absolute atomic E-state index is 0.130. The smallest absolute Gasteiger partial charge is 0.252 e. The number of carbonyl (C=O) groups excluding carboxylic acids is 3. The van der Waals surface area contributed by atoms with Gasteiger partial charge in [0.05, 0.1) is 0 Å². The van der Waals surface area contributed by atoms with Crippen molar-refractivity contribution in [3.63, 3.8) is 0 Å². The van der Waals surface area contributed by atoms with Gasteiger partial charge in [0.15, 0.2) is 0 Å². The maximum Gasteiger partial charge on any atom is 0.252 e. The van der Waals surface area contributed by atoms with Gasteiger partial charge in [0.1, 0.15) is 11.6 Å². The van der Waals surface area contributed by atoms with E-state index in [1.807, 2.05) is 78.9 Å². The highest BCUT2D eigenvalue weighted by Crippen LogP contribution is 2.41. The molecule has 0 bridgehead atoms. The highest BCUT2D eigenvalue weighted by atomic mass is 16.2. The number of benzene rings is 3. The zero-order valence-corrected chi connectivity index (χ0v) is 23.7. The van der Waals surface area contributed by atoms with Gasteiger partial charge in [-0.05, 0) is 48.9 Å². The average molecular weight is 552 g/mol. The summed E-state index contributed by atoms with van der Waals surface area (Å²) in [5.41, 5.74) is 1.31. The van der Waals surface area contributed by atoms with Gasteiger partial charge < -0.3 is 16.0 Å². The van der Waals surface area contributed by atoms with Crippen LogP contribution in [0, 0.1) is 0 Å². The number of carbonyl (C=O) groups is 3. The fraction of sp³-hybridized carbons (Fsp3) is 0.400. The number of amides is 3. The third-order valence-electron chi connectivity index (χ3n) is 8.74. The molecule has 3 aromatic rings. The molecule has 0 unspecified atom stereocenters. The quantitative estimate of drug-likeness (QED) is 0.319. The van der Waals surface area contributed by atoms with Gasteiger partial charge in [-0.3, -0.25) is 14.4 Å². The van der Waals surface area contributed by atoms with Gasteiger partial charge in [-0.15, -0.1) is 0 Å². The molecule has 6 heteroatoms. The Kier molecular flexibility index (Phi) is 9.50. The van der Waals surface area contributed by atoms with Crippen LogP contribution in [0.1, 0.15) is 85.2 Å². The first-order valence-corrected chi connectivity index (χ1v) is 15.1. The molecule has 0 aliphatic heterocycles. The summed E-state index contributed by atoms with van der Waals surface area (Å²) in [6, 6.07) is 28.2. The minimum Gasteiger partial charge on any atom is -0.352 e. The summed E-state index contributed by atoms with van der Waals surface area (Å²) < 4.78 is 0. The molecule has 2 aliphatic rings. The number of hydrogen-bond donors (Lipinski definition) is 3. The normalized spacial score (nSPS) is 21.8. The predicted molar refractivity (Wildman–Crippen MR) is 161 cm³/mol. The Labute approximate surface area is 243 Å². The molecular formula is C35H41N3O3. The Morgan fingerprint density at radius 2 is 1.34 bits per heavy atom. The second-order valence-corrected chi connectivity index (χ2v) is 11.6. The highest BCUT2D eigenvalue weighted by Gasteiger charge is 2.49. The summed E-state index contributed by atoms with van der Waals surface area (Å²) in [4.78, 5) is 41.9. The Morgan fingerprint density at radius 1 is 0.732 bits per heavy atom. The number of hydrogen-bond acceptors (Lipinski definition) is 3. The van der Waals surface area contributed by atoms with Gasteiger partial charge in [0.2, 0.25) is 11.8 Å². The molecule has 0 heterocycles. The van der Waals surface area contributed by atoms with Crippen LogP contribution in [-0.2, 0) is 16.0 Å². The van der Waals surface area contributed by atoms with Gasteiger partial charge >= 0.3 is 0 Å². The van der Waals surface area contributed by atoms with Crippen LogP contribution in [0.15, 0.2) is 91.0 Å². The molecule has 3 amide bonds. The molecule has 0 spiro atoms. The van der Waals surface area contributed by atoms with E-state index in [9.17, 15) is 14.4 Å². The molecule has 3 atom stereocenters. The standard InChI is InChI=1S/C35H41N3O3/c39-32(28-19-9-3-10-20-28)38-35(24-14-13-23-30(35)27-17-7-2-8-18-27)34(41)37-31(25-26-15-5-1-6-16-26)33(40)36-29-21-11-4-12-22-29/h1-3,5-10,15-20,29-31H,4,11-14,21-25H2,(H,36,40)(H,37,41)(H,38,39)/t30-,31-,35-/m0/s1. The monoisotopic (exact) mass is 551 g/mol. The average Bonchev–Trinajstić information content (AvgIpc) is 3.02. The molecule has 41 heavy (non-hydrogen) atoms. The van der Waals surface area contributed by atoms with Crippen molar-refractivity contribution in [3.8, 4) is 0 Å². The fourth-order valence-corrected chi connectivity index (χ4v) is 6.55. The Balaban J connectivity index is 1.47. The largest absolute Gasteiger partial charge is 0.352 e. The van der Waals surface area contributed by atoms with Crippen LogP contribution in [0.4, 0.5) is 0 Å². The lowest BCUT2D eigenvalue weighted by molar-refractivity contribution is -0.134. The lowest BCUT2D eigenvalue weighted by atomic mass is 9.68. The molecule has 0 radical (unpaired) electrons. The summed E-state index contributed by atoms with van der Waals surface area (Å²) in [7, 11) is 0. The summed E-state index contributed by atoms with van der Waals surface area (Å²) >= 11 is 0. The Morgan fingerprint density at radius 3 is 2.02 bits per heavy atom. The van der Waals surface area contributed by atoms with Crippen molar-refractivity contribution in [1.82, 2.24) is 16.0 Å². The molecule has 2 fully saturated rings. The van der Waals surface area contributed by atoms with Gasteiger partial charge in [-0.1, -0.05) is 111 Å². The van der Waals surface area contributed by atoms with Crippen molar-refractivity contribution in [2.24, 2.45) is 0 Å². The molecule has 2 aliphatic carbocycles. The molecule has 2 saturated carbocycles. The van der Waals surface area contributed by atoms with Crippen LogP contribution in [0.25, 0.3) is 0 Å². The van der Waals surface area contributed by atoms with Crippen molar-refractivity contribution in [2.75, 3.05) is 0 Å². The Hall–Kier alpha value is -3.93. The van der Waals surface area contributed by atoms with Crippen LogP contribution < -0.4 is 16.0 Å². The van der Waals surface area contributed by atoms with E-state index >= 15 is 0 Å². The van der Waals surface area contributed by atoms with E-state index in [1.165, 1.54) is 6.42 Å². The Bertz CT molecular complexity index is 1290. The number of nitrogens with one attached hydrogen (secondary N) is 3. The maximum atomic E-state index is 14.6. The molecule has 0 aromatic heterocycles. The van der Waals surface area contributed by atoms with Crippen LogP contribution >= 0.6 is 0 Å². The van der Waals surface area contributed by atoms with Crippen LogP contribution in [0.5, 0.6) is 0 Å². The summed E-state index contributed by atoms with van der Waals surface area (Å²) in [6.45, 7) is 0. The van der Waals surface area contributed by atoms with E-state index in [0.29, 0.717) is 18.4 Å². The van der Waals surface area contributed by atoms with E-state index < -0.39 is 11.6 Å². The van der Waals surface area contributed by atoms with Crippen molar-refractivity contribution in [2.45, 2.75) is 87.7 Å². The topological polar surface area (TPSA) is 87.3 Å². The van der Waals surface area contributed by atoms with Gasteiger partial charge in [-0.25, -0.2) is 0 Å². The molecule has 3 aromatic carbocycles. The molecule has 214 valence electrons. The molecular weight excluding hydrogens is 510 g/mol. The zero-order chi connectivity index (χ0) is 28.5. The van der Waals surface area contributed by atoms with Gasteiger partial charge in [0, 0.05) is 23.9 Å². The van der Waals surface area contributed by atoms with Crippen molar-refractivity contribution < 1.29 is 14.4 Å². The van der Waals surface area contributed by atoms with E-state index in [0.717, 1.165) is 56.1 Å². The first kappa shape index (κ1) is 28.6. The van der Waals surface area contributed by atoms with E-state index in [4.69, 9.17) is 0 Å². The summed E-state index contributed by atoms with van der Waals surface area (Å²) in [5.74, 6) is -0.959. The molecule has 5 rings (SSSR count). The van der Waals surface area contributed by atoms with E-state index in [2.05, 4.69) is 16.0 Å². The molecule has 0 saturated heterocycles. The lowest BCUT2D eigenvalue weighted by Crippen LogP contribution is -2.65. The molecule has 3 N–H and O–H groups in total. The third kappa shape index (κ3) is 7.05. The summed E-state index contributed by atoms with van der Waals surface area (Å²) in [5, 5.41) is 9.59. The minimum atomic E-state index is -1.19. The van der Waals surface area contributed by atoms with Gasteiger partial charge in [-0.2, -0.15) is 0 Å². The highest BCUT2D eigenvalue weighted by molar-refractivity contribution is 6.01. The molecule has 6 nitrogen and oxygen atoms in total. The summed E-state index contributed by atoms with van der Waals surface area (Å²) in [6.07, 6.45) is 8.75. The predicted octanol–water partition coefficient (Wildman–Crippen LogP) is 5.69. The first-order chi connectivity index (χ1) is 20.0. The first-order valence-electron chi connectivity index (χ1n) is 15.1. The fourth-order valence-electron chi connectivity index (χ4n) is 6.55. The third-order valence-corrected chi connectivity index (χ3v) is 8.74. The van der Waals surface area contributed by atoms with Crippen molar-refractivity contribution in [1.29, 1.82) is 0 Å². The second-order valence-electron chi connectivity index (χ2n) is 11.6. The van der Waals surface area contributed by atoms with E-state index in [-0.39, 0.29) is 29.7 Å². The van der Waals surface area contributed by atoms with E-state index in [1.54, 1.807) is 12.1 Å². The lowest BCUT2D eigenvalue weighted by Gasteiger charge is -2.44. The maximum absolute atomic E-state index is 14.6. The van der Waals surface area contributed by atoms with Crippen LogP contribution in [0.2, 0.25) is 0 Å². The van der Waals surface area contributed by atoms with Crippen molar-refractivity contribution >= 4 is 17.7 Å². The van der Waals surface area contributed by atoms with Crippen molar-refractivity contribution in [3.05, 3.63) is 108 Å². The second kappa shape index (κ2) is 13.6.